The van der Waals surface area contributed by atoms with E-state index in [0.717, 1.165) is 37.2 Å². The molecule has 0 aliphatic carbocycles. The lowest BCUT2D eigenvalue weighted by Crippen LogP contribution is -2.56. The summed E-state index contributed by atoms with van der Waals surface area (Å²) in [5, 5.41) is 6.59. The van der Waals surface area contributed by atoms with Crippen molar-refractivity contribution in [1.29, 1.82) is 0 Å². The van der Waals surface area contributed by atoms with Gasteiger partial charge in [0, 0.05) is 43.4 Å². The van der Waals surface area contributed by atoms with Crippen LogP contribution in [-0.4, -0.2) is 63.0 Å². The molecule has 1 unspecified atom stereocenters. The highest BCUT2D eigenvalue weighted by Crippen LogP contribution is 2.42. The van der Waals surface area contributed by atoms with Gasteiger partial charge in [-0.15, -0.1) is 11.3 Å². The monoisotopic (exact) mass is 502 g/mol. The minimum Gasteiger partial charge on any atom is -0.493 e. The van der Waals surface area contributed by atoms with Crippen LogP contribution in [0.15, 0.2) is 46.0 Å². The first-order chi connectivity index (χ1) is 16.4. The highest BCUT2D eigenvalue weighted by molar-refractivity contribution is 7.91. The first-order valence-corrected chi connectivity index (χ1v) is 13.8. The van der Waals surface area contributed by atoms with Gasteiger partial charge in [0.05, 0.1) is 19.9 Å². The molecule has 0 saturated carbocycles. The number of benzene rings is 1. The van der Waals surface area contributed by atoms with E-state index < -0.39 is 10.0 Å². The molecule has 3 aliphatic rings. The second-order valence-electron chi connectivity index (χ2n) is 8.97. The van der Waals surface area contributed by atoms with Gasteiger partial charge in [0.25, 0.3) is 0 Å². The van der Waals surface area contributed by atoms with Gasteiger partial charge in [0.1, 0.15) is 4.21 Å². The third kappa shape index (κ3) is 4.35. The number of nitrogens with one attached hydrogen (secondary N) is 1. The molecule has 3 aromatic rings. The number of aryl methyl sites for hydroxylation is 1. The molecule has 34 heavy (non-hydrogen) atoms. The standard InChI is InChI=1S/C24H30N4O4S2/c1-27-21(13-20(26-27)17-6-7-22(31-2)23(12-17)32-3)19-15-28-9-8-16(19)11-18(28)14-25-34(29,30)24-5-4-10-33-24/h4-7,10,12-13,16,18-19,25H,8-9,11,14-15H2,1-3H3/t16-,18+,19-/m0/s1. The topological polar surface area (TPSA) is 85.7 Å². The number of aromatic nitrogens is 2. The van der Waals surface area contributed by atoms with Gasteiger partial charge in [-0.1, -0.05) is 6.07 Å². The number of fused-ring (bicyclic) bond motifs is 3. The molecule has 1 N–H and O–H groups in total. The van der Waals surface area contributed by atoms with Crippen molar-refractivity contribution in [3.05, 3.63) is 47.5 Å². The smallest absolute Gasteiger partial charge is 0.250 e. The molecule has 0 spiro atoms. The van der Waals surface area contributed by atoms with Crippen LogP contribution in [0.4, 0.5) is 0 Å². The van der Waals surface area contributed by atoms with Crippen LogP contribution in [0, 0.1) is 5.92 Å². The number of ether oxygens (including phenoxy) is 2. The van der Waals surface area contributed by atoms with E-state index in [9.17, 15) is 8.42 Å². The Kier molecular flexibility index (Phi) is 6.41. The molecular formula is C24H30N4O4S2. The maximum absolute atomic E-state index is 12.5. The third-order valence-electron chi connectivity index (χ3n) is 7.12. The summed E-state index contributed by atoms with van der Waals surface area (Å²) in [5.74, 6) is 2.27. The van der Waals surface area contributed by atoms with Gasteiger partial charge in [-0.2, -0.15) is 5.10 Å². The molecule has 3 aliphatic heterocycles. The van der Waals surface area contributed by atoms with E-state index in [1.165, 1.54) is 17.0 Å². The Bertz CT molecular complexity index is 1260. The quantitative estimate of drug-likeness (QED) is 0.509. The second kappa shape index (κ2) is 9.33. The number of rotatable bonds is 8. The zero-order valence-electron chi connectivity index (χ0n) is 19.6. The molecule has 4 atom stereocenters. The first kappa shape index (κ1) is 23.3. The molecule has 5 heterocycles. The molecule has 0 amide bonds. The lowest BCUT2D eigenvalue weighted by Gasteiger charge is -2.49. The first-order valence-electron chi connectivity index (χ1n) is 11.4. The number of hydrogen-bond donors (Lipinski definition) is 1. The van der Waals surface area contributed by atoms with Gasteiger partial charge >= 0.3 is 0 Å². The molecule has 0 radical (unpaired) electrons. The van der Waals surface area contributed by atoms with Crippen LogP contribution < -0.4 is 14.2 Å². The SMILES string of the molecule is COc1ccc(-c2cc([C@H]3CN4CC[C@H]3C[C@@H]4CNS(=O)(=O)c3cccs3)n(C)n2)cc1OC. The average Bonchev–Trinajstić information content (AvgIpc) is 3.53. The van der Waals surface area contributed by atoms with Crippen molar-refractivity contribution in [1.82, 2.24) is 19.4 Å². The molecule has 3 saturated heterocycles. The Hall–Kier alpha value is -2.40. The fourth-order valence-electron chi connectivity index (χ4n) is 5.34. The van der Waals surface area contributed by atoms with Gasteiger partial charge in [-0.25, -0.2) is 13.1 Å². The summed E-state index contributed by atoms with van der Waals surface area (Å²) in [7, 11) is 1.83. The highest BCUT2D eigenvalue weighted by atomic mass is 32.2. The zero-order chi connectivity index (χ0) is 23.9. The van der Waals surface area contributed by atoms with Crippen LogP contribution in [-0.2, 0) is 17.1 Å². The molecule has 6 rings (SSSR count). The Morgan fingerprint density at radius 3 is 2.68 bits per heavy atom. The van der Waals surface area contributed by atoms with Gasteiger partial charge in [-0.05, 0) is 61.0 Å². The summed E-state index contributed by atoms with van der Waals surface area (Å²) < 4.78 is 41.1. The molecule has 3 fully saturated rings. The lowest BCUT2D eigenvalue weighted by atomic mass is 9.74. The van der Waals surface area contributed by atoms with Crippen molar-refractivity contribution in [2.45, 2.75) is 29.0 Å². The van der Waals surface area contributed by atoms with Crippen molar-refractivity contribution < 1.29 is 17.9 Å². The second-order valence-corrected chi connectivity index (χ2v) is 11.9. The van der Waals surface area contributed by atoms with E-state index in [1.807, 2.05) is 29.9 Å². The number of thiophene rings is 1. The van der Waals surface area contributed by atoms with Gasteiger partial charge < -0.3 is 9.47 Å². The summed E-state index contributed by atoms with van der Waals surface area (Å²) in [5.41, 5.74) is 3.12. The fraction of sp³-hybridized carbons (Fsp3) is 0.458. The average molecular weight is 503 g/mol. The van der Waals surface area contributed by atoms with E-state index >= 15 is 0 Å². The molecule has 1 aromatic carbocycles. The van der Waals surface area contributed by atoms with Crippen LogP contribution >= 0.6 is 11.3 Å². The largest absolute Gasteiger partial charge is 0.493 e. The molecule has 182 valence electrons. The molecule has 2 aromatic heterocycles. The minimum absolute atomic E-state index is 0.225. The summed E-state index contributed by atoms with van der Waals surface area (Å²) in [6.45, 7) is 2.37. The Labute approximate surface area is 204 Å². The van der Waals surface area contributed by atoms with E-state index in [2.05, 4.69) is 15.7 Å². The molecule has 2 bridgehead atoms. The van der Waals surface area contributed by atoms with Crippen LogP contribution in [0.5, 0.6) is 11.5 Å². The maximum atomic E-state index is 12.5. The van der Waals surface area contributed by atoms with E-state index in [1.54, 1.807) is 31.7 Å². The molecule has 8 nitrogen and oxygen atoms in total. The number of methoxy groups -OCH3 is 2. The number of piperidine rings is 3. The van der Waals surface area contributed by atoms with Gasteiger partial charge in [0.2, 0.25) is 10.0 Å². The van der Waals surface area contributed by atoms with Crippen molar-refractivity contribution in [2.75, 3.05) is 33.9 Å². The van der Waals surface area contributed by atoms with Crippen molar-refractivity contribution in [2.24, 2.45) is 13.0 Å². The van der Waals surface area contributed by atoms with E-state index in [-0.39, 0.29) is 6.04 Å². The van der Waals surface area contributed by atoms with Crippen LogP contribution in [0.2, 0.25) is 0 Å². The van der Waals surface area contributed by atoms with Gasteiger partial charge in [0.15, 0.2) is 11.5 Å². The summed E-state index contributed by atoms with van der Waals surface area (Å²) in [4.78, 5) is 2.44. The number of nitrogens with zero attached hydrogens (tertiary/aromatic N) is 3. The number of hydrogen-bond acceptors (Lipinski definition) is 7. The summed E-state index contributed by atoms with van der Waals surface area (Å²) in [6.07, 6.45) is 2.10. The van der Waals surface area contributed by atoms with Crippen LogP contribution in [0.25, 0.3) is 11.3 Å². The van der Waals surface area contributed by atoms with Gasteiger partial charge in [-0.3, -0.25) is 9.58 Å². The normalized spacial score (nSPS) is 24.3. The predicted octanol–water partition coefficient (Wildman–Crippen LogP) is 3.32. The summed E-state index contributed by atoms with van der Waals surface area (Å²) >= 11 is 1.25. The minimum atomic E-state index is -3.44. The predicted molar refractivity (Wildman–Crippen MR) is 132 cm³/mol. The zero-order valence-corrected chi connectivity index (χ0v) is 21.2. The van der Waals surface area contributed by atoms with Crippen molar-refractivity contribution in [3.8, 4) is 22.8 Å². The number of sulfonamides is 1. The highest BCUT2D eigenvalue weighted by Gasteiger charge is 2.42. The van der Waals surface area contributed by atoms with Crippen molar-refractivity contribution in [3.63, 3.8) is 0 Å². The van der Waals surface area contributed by atoms with Crippen LogP contribution in [0.1, 0.15) is 24.5 Å². The Morgan fingerprint density at radius 1 is 1.18 bits per heavy atom. The van der Waals surface area contributed by atoms with Crippen molar-refractivity contribution >= 4 is 21.4 Å². The van der Waals surface area contributed by atoms with Crippen LogP contribution in [0.3, 0.4) is 0 Å². The van der Waals surface area contributed by atoms with E-state index in [0.29, 0.717) is 34.1 Å². The maximum Gasteiger partial charge on any atom is 0.250 e. The fourth-order valence-corrected chi connectivity index (χ4v) is 7.45. The third-order valence-corrected chi connectivity index (χ3v) is 9.94. The Morgan fingerprint density at radius 2 is 2.00 bits per heavy atom. The molecule has 10 heteroatoms. The Balaban J connectivity index is 1.30. The van der Waals surface area contributed by atoms with E-state index in [4.69, 9.17) is 14.6 Å². The lowest BCUT2D eigenvalue weighted by molar-refractivity contribution is 0.0306. The molecular weight excluding hydrogens is 472 g/mol. The summed E-state index contributed by atoms with van der Waals surface area (Å²) in [6, 6.07) is 11.7.